The Labute approximate surface area is 194 Å². The lowest BCUT2D eigenvalue weighted by Gasteiger charge is -2.39. The summed E-state index contributed by atoms with van der Waals surface area (Å²) >= 11 is 5.77. The molecule has 2 amide bonds. The molecule has 1 aromatic heterocycles. The predicted molar refractivity (Wildman–Crippen MR) is 119 cm³/mol. The Hall–Kier alpha value is -2.91. The molecule has 4 rings (SSSR count). The number of aromatic hydroxyl groups is 1. The van der Waals surface area contributed by atoms with Crippen molar-refractivity contribution < 1.29 is 23.8 Å². The molecule has 2 aliphatic rings. The van der Waals surface area contributed by atoms with Crippen LogP contribution in [0, 0.1) is 11.7 Å². The zero-order valence-corrected chi connectivity index (χ0v) is 19.1. The molecule has 0 bridgehead atoms. The fourth-order valence-electron chi connectivity index (χ4n) is 4.65. The van der Waals surface area contributed by atoms with Crippen LogP contribution in [0.25, 0.3) is 0 Å². The number of nitrogens with zero attached hydrogens (tertiary/aromatic N) is 2. The maximum absolute atomic E-state index is 14.1. The van der Waals surface area contributed by atoms with Crippen LogP contribution >= 0.6 is 11.6 Å². The highest BCUT2D eigenvalue weighted by Crippen LogP contribution is 2.52. The summed E-state index contributed by atoms with van der Waals surface area (Å²) in [5.41, 5.74) is -1.73. The second-order valence-corrected chi connectivity index (χ2v) is 8.71. The number of likely N-dealkylation sites (N-methyl/N-ethyl adjacent to an activating group) is 1. The number of pyridine rings is 1. The van der Waals surface area contributed by atoms with Gasteiger partial charge < -0.3 is 24.6 Å². The number of carbonyl (C=O) groups excluding carboxylic acids is 2. The molecule has 10 heteroatoms. The summed E-state index contributed by atoms with van der Waals surface area (Å²) in [6.07, 6.45) is 2.03. The summed E-state index contributed by atoms with van der Waals surface area (Å²) in [4.78, 5) is 40.3. The Morgan fingerprint density at radius 2 is 2.12 bits per heavy atom. The van der Waals surface area contributed by atoms with Gasteiger partial charge in [0.15, 0.2) is 11.4 Å². The number of carbonyl (C=O) groups is 2. The number of rotatable bonds is 7. The predicted octanol–water partition coefficient (Wildman–Crippen LogP) is 2.55. The van der Waals surface area contributed by atoms with Crippen molar-refractivity contribution in [3.63, 3.8) is 0 Å². The van der Waals surface area contributed by atoms with Crippen molar-refractivity contribution >= 4 is 23.4 Å². The smallest absolute Gasteiger partial charge is 0.275 e. The summed E-state index contributed by atoms with van der Waals surface area (Å²) in [5, 5.41) is 13.0. The molecule has 1 aromatic carbocycles. The van der Waals surface area contributed by atoms with E-state index in [1.54, 1.807) is 11.0 Å². The van der Waals surface area contributed by atoms with Gasteiger partial charge in [-0.25, -0.2) is 4.39 Å². The Kier molecular flexibility index (Phi) is 6.20. The molecule has 0 unspecified atom stereocenters. The zero-order chi connectivity index (χ0) is 23.9. The van der Waals surface area contributed by atoms with E-state index in [1.165, 1.54) is 22.9 Å². The van der Waals surface area contributed by atoms with Crippen molar-refractivity contribution in [1.29, 1.82) is 0 Å². The van der Waals surface area contributed by atoms with Crippen LogP contribution in [0.4, 0.5) is 4.39 Å². The topological polar surface area (TPSA) is 101 Å². The van der Waals surface area contributed by atoms with Crippen molar-refractivity contribution in [3.05, 3.63) is 62.3 Å². The summed E-state index contributed by atoms with van der Waals surface area (Å²) < 4.78 is 21.1. The van der Waals surface area contributed by atoms with Crippen LogP contribution in [0.2, 0.25) is 5.02 Å². The van der Waals surface area contributed by atoms with Gasteiger partial charge in [-0.15, -0.1) is 0 Å². The first-order valence-corrected chi connectivity index (χ1v) is 11.2. The number of hydrogen-bond donors (Lipinski definition) is 2. The van der Waals surface area contributed by atoms with Crippen molar-refractivity contribution in [1.82, 2.24) is 14.8 Å². The van der Waals surface area contributed by atoms with E-state index in [0.717, 1.165) is 6.42 Å². The molecular weight excluding hydrogens is 453 g/mol. The van der Waals surface area contributed by atoms with Crippen LogP contribution < -0.4 is 10.7 Å². The molecule has 1 spiro atoms. The fourth-order valence-corrected chi connectivity index (χ4v) is 4.85. The fraction of sp³-hybridized carbons (Fsp3) is 0.435. The third-order valence-corrected chi connectivity index (χ3v) is 6.73. The van der Waals surface area contributed by atoms with Gasteiger partial charge in [0.05, 0.1) is 17.2 Å². The summed E-state index contributed by atoms with van der Waals surface area (Å²) in [6.45, 7) is 5.36. The summed E-state index contributed by atoms with van der Waals surface area (Å²) in [7, 11) is 0. The van der Waals surface area contributed by atoms with Crippen LogP contribution in [-0.4, -0.2) is 51.7 Å². The number of fused-ring (bicyclic) bond motifs is 1. The van der Waals surface area contributed by atoms with Crippen molar-refractivity contribution in [3.8, 4) is 5.75 Å². The van der Waals surface area contributed by atoms with Gasteiger partial charge >= 0.3 is 0 Å². The Bertz CT molecular complexity index is 1180. The van der Waals surface area contributed by atoms with Crippen molar-refractivity contribution in [2.45, 2.75) is 38.9 Å². The van der Waals surface area contributed by atoms with Gasteiger partial charge in [0.2, 0.25) is 5.43 Å². The number of hydrogen-bond acceptors (Lipinski definition) is 5. The average molecular weight is 478 g/mol. The molecule has 0 saturated heterocycles. The Morgan fingerprint density at radius 1 is 1.36 bits per heavy atom. The third kappa shape index (κ3) is 3.89. The minimum Gasteiger partial charge on any atom is -0.503 e. The van der Waals surface area contributed by atoms with E-state index < -0.39 is 34.3 Å². The van der Waals surface area contributed by atoms with Crippen molar-refractivity contribution in [2.24, 2.45) is 5.92 Å². The van der Waals surface area contributed by atoms with Gasteiger partial charge in [-0.3, -0.25) is 14.4 Å². The molecule has 2 heterocycles. The number of ether oxygens (including phenoxy) is 1. The number of benzene rings is 1. The highest BCUT2D eigenvalue weighted by Gasteiger charge is 2.62. The Morgan fingerprint density at radius 3 is 2.82 bits per heavy atom. The molecule has 33 heavy (non-hydrogen) atoms. The Balaban J connectivity index is 1.63. The van der Waals surface area contributed by atoms with E-state index in [4.69, 9.17) is 16.3 Å². The number of nitrogens with one attached hydrogen (secondary N) is 1. The van der Waals surface area contributed by atoms with Gasteiger partial charge in [0.25, 0.3) is 11.8 Å². The van der Waals surface area contributed by atoms with Gasteiger partial charge in [-0.2, -0.15) is 0 Å². The molecular formula is C23H25ClFN3O5. The van der Waals surface area contributed by atoms with E-state index in [0.29, 0.717) is 26.3 Å². The summed E-state index contributed by atoms with van der Waals surface area (Å²) in [5.74, 6) is -2.54. The maximum atomic E-state index is 14.1. The molecule has 8 nitrogen and oxygen atoms in total. The molecule has 0 radical (unpaired) electrons. The number of aromatic nitrogens is 1. The lowest BCUT2D eigenvalue weighted by molar-refractivity contribution is 0.0470. The molecule has 1 saturated carbocycles. The highest BCUT2D eigenvalue weighted by atomic mass is 35.5. The minimum atomic E-state index is -0.952. The molecule has 1 fully saturated rings. The van der Waals surface area contributed by atoms with Crippen LogP contribution in [0.3, 0.4) is 0 Å². The second-order valence-electron chi connectivity index (χ2n) is 8.31. The number of halogens is 2. The highest BCUT2D eigenvalue weighted by molar-refractivity contribution is 6.30. The molecule has 1 aliphatic heterocycles. The normalized spacial score (nSPS) is 21.3. The van der Waals surface area contributed by atoms with Crippen molar-refractivity contribution in [2.75, 3.05) is 19.8 Å². The van der Waals surface area contributed by atoms with E-state index in [1.807, 2.05) is 13.8 Å². The van der Waals surface area contributed by atoms with Crippen LogP contribution in [0.5, 0.6) is 5.75 Å². The molecule has 2 aromatic rings. The van der Waals surface area contributed by atoms with E-state index in [9.17, 15) is 23.9 Å². The average Bonchev–Trinajstić information content (AvgIpc) is 3.47. The monoisotopic (exact) mass is 477 g/mol. The summed E-state index contributed by atoms with van der Waals surface area (Å²) in [6, 6.07) is 4.40. The molecule has 176 valence electrons. The van der Waals surface area contributed by atoms with Gasteiger partial charge in [-0.05, 0) is 26.3 Å². The number of amides is 2. The van der Waals surface area contributed by atoms with Crippen LogP contribution in [-0.2, 0) is 17.8 Å². The first-order valence-electron chi connectivity index (χ1n) is 10.8. The molecule has 1 aliphatic carbocycles. The molecule has 2 N–H and O–H groups in total. The standard InChI is InChI=1S/C23H25ClFN3O5/c1-3-28-22(32)18-20(30)19(29)15(10-27(18)12-23(28)8-14(23)11-33-4-2)21(31)26-9-13-6-5-7-16(24)17(13)25/h5-7,10,14,30H,3-4,8-9,11-12H2,1-2H3,(H,26,31)/t14-,23-/m1/s1. The SMILES string of the molecule is CCOC[C@H]1C[C@@]12Cn1cc(C(=O)NCc3cccc(Cl)c3F)c(=O)c(O)c1C(=O)N2CC. The quantitative estimate of drug-likeness (QED) is 0.638. The lowest BCUT2D eigenvalue weighted by atomic mass is 10.0. The minimum absolute atomic E-state index is 0.0800. The van der Waals surface area contributed by atoms with Gasteiger partial charge in [0.1, 0.15) is 11.4 Å². The van der Waals surface area contributed by atoms with E-state index in [2.05, 4.69) is 5.32 Å². The molecule has 2 atom stereocenters. The van der Waals surface area contributed by atoms with E-state index in [-0.39, 0.29) is 34.3 Å². The first-order chi connectivity index (χ1) is 15.7. The third-order valence-electron chi connectivity index (χ3n) is 6.44. The largest absolute Gasteiger partial charge is 0.503 e. The van der Waals surface area contributed by atoms with E-state index >= 15 is 0 Å². The maximum Gasteiger partial charge on any atom is 0.275 e. The van der Waals surface area contributed by atoms with Crippen LogP contribution in [0.1, 0.15) is 46.7 Å². The second kappa shape index (κ2) is 8.79. The van der Waals surface area contributed by atoms with Gasteiger partial charge in [-0.1, -0.05) is 23.7 Å². The van der Waals surface area contributed by atoms with Crippen LogP contribution in [0.15, 0.2) is 29.2 Å². The lowest BCUT2D eigenvalue weighted by Crippen LogP contribution is -2.52. The van der Waals surface area contributed by atoms with Gasteiger partial charge in [0, 0.05) is 43.9 Å². The zero-order valence-electron chi connectivity index (χ0n) is 18.4. The first kappa shape index (κ1) is 23.3.